The number of primary sulfonamides is 1. The van der Waals surface area contributed by atoms with Gasteiger partial charge >= 0.3 is 12.5 Å². The lowest BCUT2D eigenvalue weighted by molar-refractivity contribution is -0.948. The van der Waals surface area contributed by atoms with E-state index in [4.69, 9.17) is 9.66 Å². The van der Waals surface area contributed by atoms with Crippen LogP contribution in [0.2, 0.25) is 0 Å². The SMILES string of the molecule is NS(=O)(=O)c1ccc(-c2noc(C3=CC=C[N+]4(C(F)(F)F)CN(c5ccc(C(F)(F)F)cc5)C=C34)n2)s1. The van der Waals surface area contributed by atoms with E-state index in [0.717, 1.165) is 41.8 Å². The molecule has 3 aromatic rings. The molecule has 0 fully saturated rings. The maximum Gasteiger partial charge on any atom is 0.572 e. The van der Waals surface area contributed by atoms with Gasteiger partial charge in [-0.3, -0.25) is 4.90 Å². The van der Waals surface area contributed by atoms with Crippen molar-refractivity contribution in [2.45, 2.75) is 16.7 Å². The molecule has 194 valence electrons. The number of quaternary nitrogens is 1. The third kappa shape index (κ3) is 4.35. The fourth-order valence-electron chi connectivity index (χ4n) is 3.90. The Morgan fingerprint density at radius 3 is 2.35 bits per heavy atom. The summed E-state index contributed by atoms with van der Waals surface area (Å²) in [4.78, 5) is 5.58. The second-order valence-corrected chi connectivity index (χ2v) is 10.9. The summed E-state index contributed by atoms with van der Waals surface area (Å²) in [6.07, 6.45) is -4.83. The van der Waals surface area contributed by atoms with Crippen LogP contribution in [0.5, 0.6) is 0 Å². The van der Waals surface area contributed by atoms with Crippen LogP contribution in [-0.4, -0.2) is 36.0 Å². The van der Waals surface area contributed by atoms with Gasteiger partial charge in [-0.15, -0.1) is 24.5 Å². The number of fused-ring (bicyclic) bond motifs is 1. The van der Waals surface area contributed by atoms with Crippen LogP contribution in [0, 0.1) is 0 Å². The van der Waals surface area contributed by atoms with Crippen LogP contribution in [0.4, 0.5) is 32.0 Å². The molecule has 2 aromatic heterocycles. The monoisotopic (exact) mass is 562 g/mol. The molecule has 0 saturated carbocycles. The van der Waals surface area contributed by atoms with E-state index >= 15 is 0 Å². The molecule has 1 atom stereocenters. The van der Waals surface area contributed by atoms with Crippen molar-refractivity contribution in [1.29, 1.82) is 0 Å². The van der Waals surface area contributed by atoms with Crippen molar-refractivity contribution in [3.8, 4) is 10.7 Å². The van der Waals surface area contributed by atoms with Crippen LogP contribution in [0.3, 0.4) is 0 Å². The number of nitrogens with two attached hydrogens (primary N) is 1. The number of sulfonamides is 1. The molecule has 2 N–H and O–H groups in total. The van der Waals surface area contributed by atoms with Gasteiger partial charge in [0, 0.05) is 5.69 Å². The number of allylic oxidation sites excluding steroid dienone is 3. The first kappa shape index (κ1) is 25.2. The van der Waals surface area contributed by atoms with Crippen molar-refractivity contribution in [2.75, 3.05) is 11.6 Å². The predicted molar refractivity (Wildman–Crippen MR) is 119 cm³/mol. The zero-order valence-electron chi connectivity index (χ0n) is 18.2. The summed E-state index contributed by atoms with van der Waals surface area (Å²) in [6, 6.07) is 6.37. The first-order chi connectivity index (χ1) is 17.2. The molecule has 2 aliphatic rings. The minimum Gasteiger partial charge on any atom is -0.333 e. The van der Waals surface area contributed by atoms with E-state index in [2.05, 4.69) is 10.1 Å². The predicted octanol–water partition coefficient (Wildman–Crippen LogP) is 5.03. The molecule has 4 heterocycles. The molecule has 0 aliphatic carbocycles. The summed E-state index contributed by atoms with van der Waals surface area (Å²) in [5.74, 6) is -0.328. The van der Waals surface area contributed by atoms with Gasteiger partial charge in [-0.05, 0) is 48.6 Å². The normalized spacial score (nSPS) is 20.1. The average molecular weight is 562 g/mol. The van der Waals surface area contributed by atoms with Crippen LogP contribution in [0.25, 0.3) is 16.3 Å². The van der Waals surface area contributed by atoms with Crippen LogP contribution >= 0.6 is 11.3 Å². The maximum absolute atomic E-state index is 14.4. The lowest BCUT2D eigenvalue weighted by atomic mass is 10.1. The molecule has 0 radical (unpaired) electrons. The van der Waals surface area contributed by atoms with E-state index < -0.39 is 39.2 Å². The third-order valence-electron chi connectivity index (χ3n) is 5.68. The largest absolute Gasteiger partial charge is 0.572 e. The lowest BCUT2D eigenvalue weighted by Crippen LogP contribution is -2.54. The van der Waals surface area contributed by atoms with Crippen molar-refractivity contribution in [3.63, 3.8) is 0 Å². The number of halogens is 6. The van der Waals surface area contributed by atoms with Gasteiger partial charge in [0.25, 0.3) is 5.89 Å². The highest BCUT2D eigenvalue weighted by Crippen LogP contribution is 2.48. The number of anilines is 1. The summed E-state index contributed by atoms with van der Waals surface area (Å²) in [5, 5.41) is 8.85. The highest BCUT2D eigenvalue weighted by Gasteiger charge is 2.62. The number of alkyl halides is 6. The van der Waals surface area contributed by atoms with Crippen molar-refractivity contribution in [3.05, 3.63) is 78.1 Å². The van der Waals surface area contributed by atoms with Crippen LogP contribution < -0.4 is 10.0 Å². The smallest absolute Gasteiger partial charge is 0.333 e. The Kier molecular flexibility index (Phi) is 5.63. The summed E-state index contributed by atoms with van der Waals surface area (Å²) < 4.78 is 109. The highest BCUT2D eigenvalue weighted by molar-refractivity contribution is 7.91. The van der Waals surface area contributed by atoms with Gasteiger partial charge < -0.3 is 4.52 Å². The Labute approximate surface area is 208 Å². The van der Waals surface area contributed by atoms with E-state index in [1.54, 1.807) is 0 Å². The van der Waals surface area contributed by atoms with Gasteiger partial charge in [0.05, 0.1) is 16.6 Å². The van der Waals surface area contributed by atoms with E-state index in [9.17, 15) is 34.8 Å². The fraction of sp³-hybridized carbons (Fsp3) is 0.143. The number of hydrogen-bond donors (Lipinski definition) is 1. The molecule has 2 aliphatic heterocycles. The van der Waals surface area contributed by atoms with Gasteiger partial charge in [0.1, 0.15) is 16.0 Å². The zero-order valence-corrected chi connectivity index (χ0v) is 19.8. The molecule has 37 heavy (non-hydrogen) atoms. The Morgan fingerprint density at radius 1 is 1.05 bits per heavy atom. The summed E-state index contributed by atoms with van der Waals surface area (Å²) >= 11 is 0.758. The molecule has 5 rings (SSSR count). The van der Waals surface area contributed by atoms with E-state index in [1.807, 2.05) is 0 Å². The van der Waals surface area contributed by atoms with Crippen molar-refractivity contribution in [2.24, 2.45) is 5.14 Å². The molecule has 16 heteroatoms. The van der Waals surface area contributed by atoms with Gasteiger partial charge in [0.2, 0.25) is 15.8 Å². The van der Waals surface area contributed by atoms with Gasteiger partial charge in [-0.2, -0.15) is 22.6 Å². The van der Waals surface area contributed by atoms with Gasteiger partial charge in [-0.25, -0.2) is 13.6 Å². The van der Waals surface area contributed by atoms with Crippen LogP contribution in [-0.2, 0) is 16.2 Å². The Morgan fingerprint density at radius 2 is 1.76 bits per heavy atom. The Bertz CT molecular complexity index is 1570. The number of rotatable bonds is 4. The van der Waals surface area contributed by atoms with Gasteiger partial charge in [-0.1, -0.05) is 5.16 Å². The first-order valence-corrected chi connectivity index (χ1v) is 12.5. The van der Waals surface area contributed by atoms with Crippen LogP contribution in [0.1, 0.15) is 11.5 Å². The third-order valence-corrected chi connectivity index (χ3v) is 8.20. The summed E-state index contributed by atoms with van der Waals surface area (Å²) in [7, 11) is -3.98. The number of nitrogens with zero attached hydrogens (tertiary/aromatic N) is 4. The molecule has 1 aromatic carbocycles. The van der Waals surface area contributed by atoms with E-state index in [0.29, 0.717) is 0 Å². The van der Waals surface area contributed by atoms with Crippen molar-refractivity contribution < 1.29 is 43.8 Å². The highest BCUT2D eigenvalue weighted by atomic mass is 32.2. The standard InChI is InChI=1S/C21H14F6N5O3S2/c22-20(23,24)12-3-5-13(6-4-12)31-10-15-14(2-1-9-32(15,11-31)21(25,26)27)19-29-18(30-35-19)16-7-8-17(36-16)37(28,33)34/h1-10H,11H2,(H2,28,33,34)/q+1. The van der Waals surface area contributed by atoms with Crippen molar-refractivity contribution >= 4 is 32.6 Å². The van der Waals surface area contributed by atoms with Gasteiger partial charge in [0.15, 0.2) is 12.4 Å². The minimum absolute atomic E-state index is 0.0591. The second kappa shape index (κ2) is 8.27. The topological polar surface area (TPSA) is 102 Å². The molecule has 0 spiro atoms. The first-order valence-electron chi connectivity index (χ1n) is 10.2. The Hall–Kier alpha value is -3.47. The number of hydrogen-bond acceptors (Lipinski definition) is 7. The molecule has 8 nitrogen and oxygen atoms in total. The lowest BCUT2D eigenvalue weighted by Gasteiger charge is -2.34. The van der Waals surface area contributed by atoms with E-state index in [-0.39, 0.29) is 37.8 Å². The second-order valence-electron chi connectivity index (χ2n) is 8.02. The van der Waals surface area contributed by atoms with Crippen molar-refractivity contribution in [1.82, 2.24) is 10.1 Å². The van der Waals surface area contributed by atoms with Crippen LogP contribution in [0.15, 0.2) is 75.4 Å². The summed E-state index contributed by atoms with van der Waals surface area (Å²) in [6.45, 7) is -0.679. The quantitative estimate of drug-likeness (QED) is 0.272. The Balaban J connectivity index is 1.53. The number of aromatic nitrogens is 2. The molecular formula is C21H14F6N5O3S2+. The molecular weight excluding hydrogens is 548 g/mol. The zero-order chi connectivity index (χ0) is 26.8. The average Bonchev–Trinajstić information content (AvgIpc) is 3.55. The number of benzene rings is 1. The fourth-order valence-corrected chi connectivity index (χ4v) is 5.55. The number of thiophene rings is 1. The molecule has 0 amide bonds. The molecule has 1 unspecified atom stereocenters. The maximum atomic E-state index is 14.4. The molecule has 0 bridgehead atoms. The summed E-state index contributed by atoms with van der Waals surface area (Å²) in [5.41, 5.74) is -1.17. The minimum atomic E-state index is -4.83. The van der Waals surface area contributed by atoms with E-state index in [1.165, 1.54) is 35.4 Å². The molecule has 0 saturated heterocycles.